The Bertz CT molecular complexity index is 607. The van der Waals surface area contributed by atoms with Gasteiger partial charge in [0.2, 0.25) is 5.91 Å². The van der Waals surface area contributed by atoms with E-state index in [1.165, 1.54) is 18.1 Å². The van der Waals surface area contributed by atoms with Crippen LogP contribution in [0.25, 0.3) is 0 Å². The largest absolute Gasteiger partial charge is 0.497 e. The molecule has 0 radical (unpaired) electrons. The summed E-state index contributed by atoms with van der Waals surface area (Å²) in [7, 11) is 1.49. The number of nitrogens with zero attached hydrogens (tertiary/aromatic N) is 1. The van der Waals surface area contributed by atoms with Gasteiger partial charge in [0.1, 0.15) is 12.3 Å². The van der Waals surface area contributed by atoms with Crippen LogP contribution < -0.4 is 15.0 Å². The van der Waals surface area contributed by atoms with Gasteiger partial charge in [-0.15, -0.1) is 0 Å². The zero-order valence-electron chi connectivity index (χ0n) is 11.0. The first-order chi connectivity index (χ1) is 9.60. The highest BCUT2D eigenvalue weighted by Crippen LogP contribution is 2.31. The van der Waals surface area contributed by atoms with Crippen molar-refractivity contribution in [3.05, 3.63) is 23.8 Å². The molecule has 1 aromatic rings. The number of carbonyl (C=O) groups is 3. The summed E-state index contributed by atoms with van der Waals surface area (Å²) in [6, 6.07) is 5.04. The van der Waals surface area contributed by atoms with Crippen molar-refractivity contribution in [1.29, 1.82) is 0 Å². The third kappa shape index (κ3) is 2.13. The van der Waals surface area contributed by atoms with Crippen molar-refractivity contribution in [3.8, 4) is 5.75 Å². The number of rotatable bonds is 4. The Labute approximate surface area is 115 Å². The van der Waals surface area contributed by atoms with E-state index >= 15 is 0 Å². The van der Waals surface area contributed by atoms with E-state index in [2.05, 4.69) is 5.32 Å². The smallest absolute Gasteiger partial charge is 0.299 e. The summed E-state index contributed by atoms with van der Waals surface area (Å²) < 4.78 is 5.04. The number of hydrogen-bond acceptors (Lipinski definition) is 4. The van der Waals surface area contributed by atoms with Crippen molar-refractivity contribution in [3.63, 3.8) is 0 Å². The van der Waals surface area contributed by atoms with Gasteiger partial charge in [-0.2, -0.15) is 0 Å². The summed E-state index contributed by atoms with van der Waals surface area (Å²) in [6.07, 6.45) is 1.96. The fraction of sp³-hybridized carbons (Fsp3) is 0.357. The van der Waals surface area contributed by atoms with Gasteiger partial charge < -0.3 is 10.1 Å². The normalized spacial score (nSPS) is 17.1. The predicted octanol–water partition coefficient (Wildman–Crippen LogP) is 0.503. The topological polar surface area (TPSA) is 75.7 Å². The molecule has 1 aliphatic heterocycles. The van der Waals surface area contributed by atoms with Crippen LogP contribution in [0, 0.1) is 0 Å². The molecule has 1 aliphatic carbocycles. The lowest BCUT2D eigenvalue weighted by Gasteiger charge is -2.16. The monoisotopic (exact) mass is 274 g/mol. The second-order valence-electron chi connectivity index (χ2n) is 4.95. The van der Waals surface area contributed by atoms with Gasteiger partial charge in [-0.3, -0.25) is 19.3 Å². The molecule has 0 aromatic heterocycles. The first-order valence-corrected chi connectivity index (χ1v) is 6.43. The van der Waals surface area contributed by atoms with E-state index in [1.807, 2.05) is 0 Å². The lowest BCUT2D eigenvalue weighted by molar-refractivity contribution is -0.122. The molecule has 1 saturated carbocycles. The van der Waals surface area contributed by atoms with Crippen molar-refractivity contribution in [1.82, 2.24) is 5.32 Å². The van der Waals surface area contributed by atoms with Crippen LogP contribution >= 0.6 is 0 Å². The maximum atomic E-state index is 12.0. The summed E-state index contributed by atoms with van der Waals surface area (Å²) >= 11 is 0. The number of methoxy groups -OCH3 is 1. The highest BCUT2D eigenvalue weighted by Gasteiger charge is 2.37. The molecule has 104 valence electrons. The van der Waals surface area contributed by atoms with E-state index in [1.54, 1.807) is 12.1 Å². The molecule has 1 N–H and O–H groups in total. The van der Waals surface area contributed by atoms with Gasteiger partial charge in [0, 0.05) is 6.04 Å². The summed E-state index contributed by atoms with van der Waals surface area (Å²) in [4.78, 5) is 36.9. The minimum absolute atomic E-state index is 0.125. The molecular weight excluding hydrogens is 260 g/mol. The second-order valence-corrected chi connectivity index (χ2v) is 4.95. The van der Waals surface area contributed by atoms with Gasteiger partial charge in [-0.05, 0) is 31.0 Å². The number of hydrogen-bond donors (Lipinski definition) is 1. The molecule has 3 rings (SSSR count). The van der Waals surface area contributed by atoms with Crippen molar-refractivity contribution >= 4 is 23.3 Å². The number of ketones is 1. The van der Waals surface area contributed by atoms with Crippen LogP contribution in [0.4, 0.5) is 5.69 Å². The molecule has 6 heteroatoms. The molecule has 0 atom stereocenters. The van der Waals surface area contributed by atoms with E-state index < -0.39 is 11.7 Å². The molecule has 2 aliphatic rings. The van der Waals surface area contributed by atoms with Gasteiger partial charge in [0.25, 0.3) is 11.7 Å². The molecule has 6 nitrogen and oxygen atoms in total. The number of anilines is 1. The van der Waals surface area contributed by atoms with E-state index in [0.717, 1.165) is 12.8 Å². The average molecular weight is 274 g/mol. The first-order valence-electron chi connectivity index (χ1n) is 6.43. The fourth-order valence-corrected chi connectivity index (χ4v) is 2.21. The second kappa shape index (κ2) is 4.63. The quantitative estimate of drug-likeness (QED) is 0.811. The van der Waals surface area contributed by atoms with E-state index in [-0.39, 0.29) is 24.1 Å². The third-order valence-electron chi connectivity index (χ3n) is 3.42. The lowest BCUT2D eigenvalue weighted by Crippen LogP contribution is -2.40. The van der Waals surface area contributed by atoms with E-state index in [9.17, 15) is 14.4 Å². The fourth-order valence-electron chi connectivity index (χ4n) is 2.21. The van der Waals surface area contributed by atoms with Crippen molar-refractivity contribution < 1.29 is 19.1 Å². The molecule has 1 aromatic carbocycles. The van der Waals surface area contributed by atoms with Gasteiger partial charge in [0.15, 0.2) is 0 Å². The minimum Gasteiger partial charge on any atom is -0.497 e. The van der Waals surface area contributed by atoms with Crippen LogP contribution in [0.5, 0.6) is 5.75 Å². The Morgan fingerprint density at radius 3 is 2.80 bits per heavy atom. The van der Waals surface area contributed by atoms with Gasteiger partial charge in [0.05, 0.1) is 18.4 Å². The van der Waals surface area contributed by atoms with Crippen LogP contribution in [0.2, 0.25) is 0 Å². The van der Waals surface area contributed by atoms with Crippen LogP contribution in [0.3, 0.4) is 0 Å². The summed E-state index contributed by atoms with van der Waals surface area (Å²) in [5.41, 5.74) is 0.750. The summed E-state index contributed by atoms with van der Waals surface area (Å²) in [6.45, 7) is -0.125. The predicted molar refractivity (Wildman–Crippen MR) is 70.8 cm³/mol. The lowest BCUT2D eigenvalue weighted by atomic mass is 10.1. The minimum atomic E-state index is -0.667. The number of Topliss-reactive ketones (excluding diaryl/α,β-unsaturated/α-hetero) is 1. The molecule has 0 unspecified atom stereocenters. The molecule has 0 bridgehead atoms. The molecule has 1 heterocycles. The Morgan fingerprint density at radius 1 is 1.40 bits per heavy atom. The number of fused-ring (bicyclic) bond motifs is 1. The zero-order chi connectivity index (χ0) is 14.3. The Hall–Kier alpha value is -2.37. The highest BCUT2D eigenvalue weighted by molar-refractivity contribution is 6.52. The standard InChI is InChI=1S/C14H14N2O4/c1-20-9-4-5-11-10(6-9)13(18)14(19)16(11)7-12(17)15-8-2-3-8/h4-6,8H,2-3,7H2,1H3,(H,15,17). The molecule has 2 amide bonds. The average Bonchev–Trinajstić information content (AvgIpc) is 3.22. The van der Waals surface area contributed by atoms with Gasteiger partial charge in [-0.25, -0.2) is 0 Å². The van der Waals surface area contributed by atoms with Gasteiger partial charge >= 0.3 is 0 Å². The van der Waals surface area contributed by atoms with Crippen molar-refractivity contribution in [2.45, 2.75) is 18.9 Å². The molecule has 0 spiro atoms. The van der Waals surface area contributed by atoms with E-state index in [4.69, 9.17) is 4.74 Å². The number of amides is 2. The SMILES string of the molecule is COc1ccc2c(c1)C(=O)C(=O)N2CC(=O)NC1CC1. The van der Waals surface area contributed by atoms with Crippen LogP contribution in [-0.2, 0) is 9.59 Å². The van der Waals surface area contributed by atoms with Crippen molar-refractivity contribution in [2.24, 2.45) is 0 Å². The Balaban J connectivity index is 1.83. The summed E-state index contributed by atoms with van der Waals surface area (Å²) in [5, 5.41) is 2.80. The maximum Gasteiger partial charge on any atom is 0.299 e. The Morgan fingerprint density at radius 2 is 2.15 bits per heavy atom. The Kier molecular flexibility index (Phi) is 2.93. The summed E-state index contributed by atoms with van der Waals surface area (Å²) in [5.74, 6) is -0.996. The van der Waals surface area contributed by atoms with Gasteiger partial charge in [-0.1, -0.05) is 0 Å². The van der Waals surface area contributed by atoms with Crippen molar-refractivity contribution in [2.75, 3.05) is 18.6 Å². The first kappa shape index (κ1) is 12.7. The third-order valence-corrected chi connectivity index (χ3v) is 3.42. The van der Waals surface area contributed by atoms with E-state index in [0.29, 0.717) is 11.4 Å². The number of ether oxygens (including phenoxy) is 1. The van der Waals surface area contributed by atoms with Crippen LogP contribution in [0.15, 0.2) is 18.2 Å². The van der Waals surface area contributed by atoms with Crippen LogP contribution in [0.1, 0.15) is 23.2 Å². The molecule has 0 saturated heterocycles. The van der Waals surface area contributed by atoms with Crippen LogP contribution in [-0.4, -0.2) is 37.3 Å². The number of nitrogens with one attached hydrogen (secondary N) is 1. The number of benzene rings is 1. The molecule has 20 heavy (non-hydrogen) atoms. The molecular formula is C14H14N2O4. The molecule has 1 fully saturated rings. The zero-order valence-corrected chi connectivity index (χ0v) is 11.0. The maximum absolute atomic E-state index is 12.0. The highest BCUT2D eigenvalue weighted by atomic mass is 16.5. The number of carbonyl (C=O) groups excluding carboxylic acids is 3.